The van der Waals surface area contributed by atoms with Gasteiger partial charge in [-0.3, -0.25) is 0 Å². The highest BCUT2D eigenvalue weighted by Gasteiger charge is 2.06. The molecule has 3 nitrogen and oxygen atoms in total. The van der Waals surface area contributed by atoms with E-state index >= 15 is 0 Å². The van der Waals surface area contributed by atoms with Gasteiger partial charge >= 0.3 is 0 Å². The van der Waals surface area contributed by atoms with Gasteiger partial charge in [-0.25, -0.2) is 9.37 Å². The number of aliphatic hydroxyl groups is 1. The molecule has 0 fully saturated rings. The Labute approximate surface area is 112 Å². The number of hydrogen-bond donors (Lipinski definition) is 1. The SMILES string of the molecule is C[C@H](O)c1ccc(Oc2ccc(F)cc2Br)nc1. The van der Waals surface area contributed by atoms with E-state index in [1.54, 1.807) is 19.1 Å². The van der Waals surface area contributed by atoms with Crippen molar-refractivity contribution in [2.45, 2.75) is 13.0 Å². The van der Waals surface area contributed by atoms with Crippen LogP contribution in [0.2, 0.25) is 0 Å². The Balaban J connectivity index is 2.18. The Morgan fingerprint density at radius 3 is 2.67 bits per heavy atom. The molecule has 0 radical (unpaired) electrons. The number of rotatable bonds is 3. The van der Waals surface area contributed by atoms with Crippen LogP contribution >= 0.6 is 15.9 Å². The summed E-state index contributed by atoms with van der Waals surface area (Å²) in [5.41, 5.74) is 0.709. The fourth-order valence-corrected chi connectivity index (χ4v) is 1.80. The number of aromatic nitrogens is 1. The molecule has 0 amide bonds. The minimum atomic E-state index is -0.566. The predicted octanol–water partition coefficient (Wildman–Crippen LogP) is 3.83. The number of ether oxygens (including phenoxy) is 1. The molecular weight excluding hydrogens is 301 g/mol. The Bertz CT molecular complexity index is 543. The zero-order valence-electron chi connectivity index (χ0n) is 9.60. The minimum absolute atomic E-state index is 0.341. The molecule has 2 aromatic rings. The van der Waals surface area contributed by atoms with Gasteiger partial charge in [0.2, 0.25) is 5.88 Å². The smallest absolute Gasteiger partial charge is 0.219 e. The van der Waals surface area contributed by atoms with E-state index in [1.807, 2.05) is 0 Å². The lowest BCUT2D eigenvalue weighted by molar-refractivity contribution is 0.198. The van der Waals surface area contributed by atoms with Crippen LogP contribution in [0.25, 0.3) is 0 Å². The molecule has 0 aliphatic rings. The van der Waals surface area contributed by atoms with Gasteiger partial charge in [-0.15, -0.1) is 0 Å². The summed E-state index contributed by atoms with van der Waals surface area (Å²) in [4.78, 5) is 4.06. The number of nitrogens with zero attached hydrogens (tertiary/aromatic N) is 1. The van der Waals surface area contributed by atoms with E-state index < -0.39 is 6.10 Å². The van der Waals surface area contributed by atoms with Crippen LogP contribution in [0.1, 0.15) is 18.6 Å². The molecule has 1 aromatic heterocycles. The number of halogens is 2. The van der Waals surface area contributed by atoms with Crippen molar-refractivity contribution in [2.75, 3.05) is 0 Å². The molecule has 5 heteroatoms. The number of pyridine rings is 1. The van der Waals surface area contributed by atoms with Gasteiger partial charge in [0.05, 0.1) is 10.6 Å². The van der Waals surface area contributed by atoms with Crippen LogP contribution < -0.4 is 4.74 Å². The average Bonchev–Trinajstić information content (AvgIpc) is 2.33. The van der Waals surface area contributed by atoms with Gasteiger partial charge in [0.25, 0.3) is 0 Å². The van der Waals surface area contributed by atoms with Gasteiger partial charge in [-0.1, -0.05) is 0 Å². The van der Waals surface area contributed by atoms with Crippen molar-refractivity contribution in [2.24, 2.45) is 0 Å². The van der Waals surface area contributed by atoms with Crippen molar-refractivity contribution >= 4 is 15.9 Å². The lowest BCUT2D eigenvalue weighted by atomic mass is 10.2. The summed E-state index contributed by atoms with van der Waals surface area (Å²) in [6, 6.07) is 7.52. The second-order valence-corrected chi connectivity index (χ2v) is 4.64. The van der Waals surface area contributed by atoms with Crippen molar-refractivity contribution in [3.63, 3.8) is 0 Å². The molecule has 0 saturated heterocycles. The Morgan fingerprint density at radius 2 is 2.11 bits per heavy atom. The van der Waals surface area contributed by atoms with E-state index in [0.717, 1.165) is 0 Å². The first kappa shape index (κ1) is 13.0. The van der Waals surface area contributed by atoms with E-state index in [-0.39, 0.29) is 5.82 Å². The molecule has 0 aliphatic carbocycles. The monoisotopic (exact) mass is 311 g/mol. The van der Waals surface area contributed by atoms with Crippen LogP contribution in [-0.2, 0) is 0 Å². The standard InChI is InChI=1S/C13H11BrFNO2/c1-8(17)9-2-5-13(16-7-9)18-12-4-3-10(15)6-11(12)14/h2-8,17H,1H3/t8-/m0/s1. The first-order valence-corrected chi connectivity index (χ1v) is 6.12. The second-order valence-electron chi connectivity index (χ2n) is 3.78. The highest BCUT2D eigenvalue weighted by atomic mass is 79.9. The predicted molar refractivity (Wildman–Crippen MR) is 69.0 cm³/mol. The van der Waals surface area contributed by atoms with E-state index in [2.05, 4.69) is 20.9 Å². The molecule has 0 unspecified atom stereocenters. The number of hydrogen-bond acceptors (Lipinski definition) is 3. The Hall–Kier alpha value is -1.46. The van der Waals surface area contributed by atoms with Crippen LogP contribution in [0.3, 0.4) is 0 Å². The van der Waals surface area contributed by atoms with Gasteiger partial charge in [0.15, 0.2) is 0 Å². The van der Waals surface area contributed by atoms with E-state index in [0.29, 0.717) is 21.7 Å². The fraction of sp³-hybridized carbons (Fsp3) is 0.154. The van der Waals surface area contributed by atoms with Crippen LogP contribution in [0, 0.1) is 5.82 Å². The average molecular weight is 312 g/mol. The first-order valence-electron chi connectivity index (χ1n) is 5.33. The summed E-state index contributed by atoms with van der Waals surface area (Å²) in [5, 5.41) is 9.35. The maximum absolute atomic E-state index is 12.9. The lowest BCUT2D eigenvalue weighted by Gasteiger charge is -2.08. The van der Waals surface area contributed by atoms with Crippen LogP contribution in [0.4, 0.5) is 4.39 Å². The van der Waals surface area contributed by atoms with Crippen LogP contribution in [0.5, 0.6) is 11.6 Å². The number of benzene rings is 1. The summed E-state index contributed by atoms with van der Waals surface area (Å²) in [7, 11) is 0. The molecule has 1 N–H and O–H groups in total. The van der Waals surface area contributed by atoms with Crippen molar-refractivity contribution in [1.29, 1.82) is 0 Å². The molecule has 0 spiro atoms. The van der Waals surface area contributed by atoms with Gasteiger partial charge < -0.3 is 9.84 Å². The highest BCUT2D eigenvalue weighted by molar-refractivity contribution is 9.10. The summed E-state index contributed by atoms with van der Waals surface area (Å²) in [5.74, 6) is 0.520. The van der Waals surface area contributed by atoms with Crippen molar-refractivity contribution in [3.05, 3.63) is 52.4 Å². The molecule has 94 valence electrons. The summed E-state index contributed by atoms with van der Waals surface area (Å²) in [6.45, 7) is 1.66. The highest BCUT2D eigenvalue weighted by Crippen LogP contribution is 2.29. The molecular formula is C13H11BrFNO2. The fourth-order valence-electron chi connectivity index (χ4n) is 1.37. The van der Waals surface area contributed by atoms with Crippen molar-refractivity contribution in [3.8, 4) is 11.6 Å². The van der Waals surface area contributed by atoms with Crippen LogP contribution in [-0.4, -0.2) is 10.1 Å². The molecule has 1 atom stereocenters. The van der Waals surface area contributed by atoms with E-state index in [1.165, 1.54) is 24.4 Å². The van der Waals surface area contributed by atoms with Crippen molar-refractivity contribution < 1.29 is 14.2 Å². The minimum Gasteiger partial charge on any atom is -0.438 e. The molecule has 0 bridgehead atoms. The zero-order valence-corrected chi connectivity index (χ0v) is 11.2. The molecule has 0 aliphatic heterocycles. The third-order valence-electron chi connectivity index (χ3n) is 2.35. The quantitative estimate of drug-likeness (QED) is 0.936. The molecule has 1 aromatic carbocycles. The molecule has 1 heterocycles. The third kappa shape index (κ3) is 3.05. The van der Waals surface area contributed by atoms with Gasteiger partial charge in [0, 0.05) is 12.3 Å². The normalized spacial score (nSPS) is 12.2. The first-order chi connectivity index (χ1) is 8.56. The zero-order chi connectivity index (χ0) is 13.1. The van der Waals surface area contributed by atoms with Gasteiger partial charge in [-0.2, -0.15) is 0 Å². The third-order valence-corrected chi connectivity index (χ3v) is 2.97. The van der Waals surface area contributed by atoms with Gasteiger partial charge in [-0.05, 0) is 52.7 Å². The Morgan fingerprint density at radius 1 is 1.33 bits per heavy atom. The number of aliphatic hydroxyl groups excluding tert-OH is 1. The lowest BCUT2D eigenvalue weighted by Crippen LogP contribution is -1.94. The van der Waals surface area contributed by atoms with Crippen molar-refractivity contribution in [1.82, 2.24) is 4.98 Å². The van der Waals surface area contributed by atoms with E-state index in [4.69, 9.17) is 4.74 Å². The maximum Gasteiger partial charge on any atom is 0.219 e. The van der Waals surface area contributed by atoms with Crippen LogP contribution in [0.15, 0.2) is 41.0 Å². The largest absolute Gasteiger partial charge is 0.438 e. The topological polar surface area (TPSA) is 42.4 Å². The maximum atomic E-state index is 12.9. The van der Waals surface area contributed by atoms with Gasteiger partial charge in [0.1, 0.15) is 11.6 Å². The van der Waals surface area contributed by atoms with E-state index in [9.17, 15) is 9.50 Å². The Kier molecular flexibility index (Phi) is 3.93. The summed E-state index contributed by atoms with van der Waals surface area (Å²) >= 11 is 3.21. The molecule has 18 heavy (non-hydrogen) atoms. The summed E-state index contributed by atoms with van der Waals surface area (Å²) < 4.78 is 18.9. The molecule has 2 rings (SSSR count). The second kappa shape index (κ2) is 5.46. The molecule has 0 saturated carbocycles. The summed E-state index contributed by atoms with van der Waals surface area (Å²) in [6.07, 6.45) is 0.973.